The van der Waals surface area contributed by atoms with Crippen molar-refractivity contribution in [3.8, 4) is 11.8 Å². The summed E-state index contributed by atoms with van der Waals surface area (Å²) in [5.41, 5.74) is -2.54. The summed E-state index contributed by atoms with van der Waals surface area (Å²) in [7, 11) is -2.60. The number of carbonyl (C=O) groups is 1. The second kappa shape index (κ2) is 8.78. The number of ether oxygens (including phenoxy) is 1. The number of amides is 1. The average Bonchev–Trinajstić information content (AvgIpc) is 2.67. The minimum Gasteiger partial charge on any atom is -0.494 e. The van der Waals surface area contributed by atoms with Crippen molar-refractivity contribution in [3.63, 3.8) is 0 Å². The van der Waals surface area contributed by atoms with Gasteiger partial charge in [0.05, 0.1) is 23.4 Å². The average molecular weight is 441 g/mol. The number of rotatable bonds is 7. The number of nitrogens with one attached hydrogen (secondary N) is 1. The van der Waals surface area contributed by atoms with E-state index in [0.29, 0.717) is 0 Å². The van der Waals surface area contributed by atoms with Gasteiger partial charge in [0, 0.05) is 11.4 Å². The molecule has 0 radical (unpaired) electrons. The Labute approximate surface area is 172 Å². The molecular weight excluding hydrogens is 423 g/mol. The minimum atomic E-state index is -3.84. The van der Waals surface area contributed by atoms with Crippen LogP contribution in [0.2, 0.25) is 5.02 Å². The fourth-order valence-electron chi connectivity index (χ4n) is 2.54. The van der Waals surface area contributed by atoms with E-state index in [1.54, 1.807) is 0 Å². The van der Waals surface area contributed by atoms with E-state index in [1.807, 2.05) is 6.07 Å². The summed E-state index contributed by atoms with van der Waals surface area (Å²) in [5.74, 6) is -3.39. The van der Waals surface area contributed by atoms with Crippen molar-refractivity contribution in [2.75, 3.05) is 23.9 Å². The number of nitriles is 1. The first-order chi connectivity index (χ1) is 13.6. The van der Waals surface area contributed by atoms with Crippen molar-refractivity contribution in [2.45, 2.75) is 12.5 Å². The molecule has 0 saturated carbocycles. The second-order valence-corrected chi connectivity index (χ2v) is 8.91. The Morgan fingerprint density at radius 1 is 1.34 bits per heavy atom. The van der Waals surface area contributed by atoms with Crippen molar-refractivity contribution in [1.29, 1.82) is 5.26 Å². The molecule has 0 aliphatic heterocycles. The fraction of sp³-hybridized carbons (Fsp3) is 0.263. The van der Waals surface area contributed by atoms with E-state index >= 15 is 0 Å². The van der Waals surface area contributed by atoms with Crippen molar-refractivity contribution in [2.24, 2.45) is 0 Å². The molecule has 0 heterocycles. The van der Waals surface area contributed by atoms with Crippen LogP contribution in [-0.2, 0) is 20.2 Å². The van der Waals surface area contributed by atoms with Gasteiger partial charge in [-0.05, 0) is 35.9 Å². The second-order valence-electron chi connectivity index (χ2n) is 6.15. The van der Waals surface area contributed by atoms with E-state index in [-0.39, 0.29) is 33.3 Å². The van der Waals surface area contributed by atoms with E-state index in [2.05, 4.69) is 5.32 Å². The molecule has 0 aromatic heterocycles. The predicted octanol–water partition coefficient (Wildman–Crippen LogP) is 2.62. The fourth-order valence-corrected chi connectivity index (χ4v) is 3.90. The molecule has 1 amide bonds. The van der Waals surface area contributed by atoms with Gasteiger partial charge in [-0.25, -0.2) is 12.8 Å². The Morgan fingerprint density at radius 2 is 2.03 bits per heavy atom. The lowest BCUT2D eigenvalue weighted by Crippen LogP contribution is -2.46. The van der Waals surface area contributed by atoms with E-state index in [9.17, 15) is 22.7 Å². The zero-order valence-electron chi connectivity index (χ0n) is 15.6. The molecule has 1 unspecified atom stereocenters. The van der Waals surface area contributed by atoms with Crippen LogP contribution in [0.3, 0.4) is 0 Å². The lowest BCUT2D eigenvalue weighted by Gasteiger charge is -2.27. The molecule has 154 valence electrons. The van der Waals surface area contributed by atoms with Gasteiger partial charge < -0.3 is 15.2 Å². The summed E-state index contributed by atoms with van der Waals surface area (Å²) in [4.78, 5) is 12.9. The molecule has 0 aliphatic rings. The van der Waals surface area contributed by atoms with Gasteiger partial charge in [0.1, 0.15) is 6.07 Å². The lowest BCUT2D eigenvalue weighted by atomic mass is 9.94. The number of halogens is 2. The molecule has 0 bridgehead atoms. The highest BCUT2D eigenvalue weighted by Gasteiger charge is 2.42. The lowest BCUT2D eigenvalue weighted by molar-refractivity contribution is -0.132. The molecule has 1 atom stereocenters. The summed E-state index contributed by atoms with van der Waals surface area (Å²) in [6.07, 6.45) is 0. The third-order valence-electron chi connectivity index (χ3n) is 4.22. The van der Waals surface area contributed by atoms with Crippen LogP contribution in [0.1, 0.15) is 18.1 Å². The van der Waals surface area contributed by atoms with Crippen LogP contribution in [0, 0.1) is 17.1 Å². The van der Waals surface area contributed by atoms with Crippen molar-refractivity contribution in [3.05, 3.63) is 58.4 Å². The van der Waals surface area contributed by atoms with Gasteiger partial charge in [-0.15, -0.1) is 0 Å². The van der Waals surface area contributed by atoms with Crippen LogP contribution in [0.15, 0.2) is 36.4 Å². The maximum Gasteiger partial charge on any atom is 0.262 e. The van der Waals surface area contributed by atoms with Gasteiger partial charge in [0.15, 0.2) is 27.0 Å². The van der Waals surface area contributed by atoms with Gasteiger partial charge >= 0.3 is 0 Å². The molecule has 10 heteroatoms. The van der Waals surface area contributed by atoms with E-state index < -0.39 is 32.9 Å². The maximum absolute atomic E-state index is 14.2. The molecule has 7 nitrogen and oxygen atoms in total. The maximum atomic E-state index is 14.2. The van der Waals surface area contributed by atoms with E-state index in [1.165, 1.54) is 44.4 Å². The van der Waals surface area contributed by atoms with Crippen LogP contribution < -0.4 is 10.1 Å². The van der Waals surface area contributed by atoms with Crippen molar-refractivity contribution >= 4 is 33.0 Å². The van der Waals surface area contributed by atoms with Gasteiger partial charge in [0.2, 0.25) is 0 Å². The number of anilines is 1. The van der Waals surface area contributed by atoms with Gasteiger partial charge in [0.25, 0.3) is 5.91 Å². The zero-order valence-corrected chi connectivity index (χ0v) is 17.1. The molecule has 0 fully saturated rings. The largest absolute Gasteiger partial charge is 0.494 e. The van der Waals surface area contributed by atoms with Crippen LogP contribution in [0.25, 0.3) is 0 Å². The zero-order chi connectivity index (χ0) is 21.8. The Morgan fingerprint density at radius 3 is 2.55 bits per heavy atom. The van der Waals surface area contributed by atoms with Crippen LogP contribution >= 0.6 is 11.6 Å². The monoisotopic (exact) mass is 440 g/mol. The number of benzene rings is 2. The highest BCUT2D eigenvalue weighted by atomic mass is 35.5. The number of sulfone groups is 1. The summed E-state index contributed by atoms with van der Waals surface area (Å²) in [6, 6.07) is 9.09. The number of carbonyl (C=O) groups excluding carboxylic acids is 1. The number of aliphatic hydroxyl groups is 1. The predicted molar refractivity (Wildman–Crippen MR) is 106 cm³/mol. The normalized spacial score (nSPS) is 13.2. The van der Waals surface area contributed by atoms with Crippen molar-refractivity contribution < 1.29 is 27.4 Å². The number of nitrogens with zero attached hydrogens (tertiary/aromatic N) is 1. The molecule has 2 aromatic rings. The standard InChI is InChI=1S/C19H18ClFN2O5S/c1-3-29(26,27)11-19(25,13-5-7-17(28-2)16(21)8-13)18(24)23-14-6-4-12(10-22)15(20)9-14/h4-9,25H,3,11H2,1-2H3,(H,23,24). The summed E-state index contributed by atoms with van der Waals surface area (Å²) < 4.78 is 43.3. The van der Waals surface area contributed by atoms with Crippen LogP contribution in [-0.4, -0.2) is 38.0 Å². The highest BCUT2D eigenvalue weighted by Crippen LogP contribution is 2.30. The molecule has 0 aliphatic carbocycles. The van der Waals surface area contributed by atoms with Gasteiger partial charge in [-0.3, -0.25) is 4.79 Å². The van der Waals surface area contributed by atoms with Crippen LogP contribution in [0.4, 0.5) is 10.1 Å². The Balaban J connectivity index is 2.49. The number of hydrogen-bond acceptors (Lipinski definition) is 6. The Hall–Kier alpha value is -2.67. The first-order valence-electron chi connectivity index (χ1n) is 8.34. The molecular formula is C19H18ClFN2O5S. The first-order valence-corrected chi connectivity index (χ1v) is 10.5. The number of hydrogen-bond donors (Lipinski definition) is 2. The third kappa shape index (κ3) is 5.03. The summed E-state index contributed by atoms with van der Waals surface area (Å²) in [5, 5.41) is 22.4. The molecule has 2 N–H and O–H groups in total. The highest BCUT2D eigenvalue weighted by molar-refractivity contribution is 7.91. The Kier molecular flexibility index (Phi) is 6.85. The molecule has 0 spiro atoms. The first kappa shape index (κ1) is 22.6. The minimum absolute atomic E-state index is 0.0607. The SMILES string of the molecule is CCS(=O)(=O)CC(O)(C(=O)Nc1ccc(C#N)c(Cl)c1)c1ccc(OC)c(F)c1. The van der Waals surface area contributed by atoms with Gasteiger partial charge in [-0.2, -0.15) is 5.26 Å². The third-order valence-corrected chi connectivity index (χ3v) is 6.27. The molecule has 29 heavy (non-hydrogen) atoms. The summed E-state index contributed by atoms with van der Waals surface area (Å²) >= 11 is 5.93. The molecule has 0 saturated heterocycles. The van der Waals surface area contributed by atoms with E-state index in [4.69, 9.17) is 21.6 Å². The number of methoxy groups -OCH3 is 1. The Bertz CT molecular complexity index is 1080. The van der Waals surface area contributed by atoms with Crippen molar-refractivity contribution in [1.82, 2.24) is 0 Å². The van der Waals surface area contributed by atoms with Crippen LogP contribution in [0.5, 0.6) is 5.75 Å². The smallest absolute Gasteiger partial charge is 0.262 e. The molecule has 2 rings (SSSR count). The quantitative estimate of drug-likeness (QED) is 0.683. The topological polar surface area (TPSA) is 116 Å². The van der Waals surface area contributed by atoms with E-state index in [0.717, 1.165) is 6.07 Å². The summed E-state index contributed by atoms with van der Waals surface area (Å²) in [6.45, 7) is 1.36. The van der Waals surface area contributed by atoms with Gasteiger partial charge in [-0.1, -0.05) is 24.6 Å². The molecule has 2 aromatic carbocycles.